The molecule has 0 aliphatic rings. The van der Waals surface area contributed by atoms with Crippen molar-refractivity contribution in [1.29, 1.82) is 0 Å². The van der Waals surface area contributed by atoms with Crippen molar-refractivity contribution < 1.29 is 13.2 Å². The van der Waals surface area contributed by atoms with Gasteiger partial charge in [-0.3, -0.25) is 0 Å². The fourth-order valence-corrected chi connectivity index (χ4v) is 3.72. The van der Waals surface area contributed by atoms with Gasteiger partial charge in [0, 0.05) is 19.7 Å². The molecule has 0 saturated heterocycles. The summed E-state index contributed by atoms with van der Waals surface area (Å²) < 4.78 is 32.3. The zero-order chi connectivity index (χ0) is 15.2. The summed E-state index contributed by atoms with van der Waals surface area (Å²) in [6, 6.07) is 4.44. The minimum Gasteiger partial charge on any atom is -0.383 e. The summed E-state index contributed by atoms with van der Waals surface area (Å²) in [5.41, 5.74) is 6.29. The van der Waals surface area contributed by atoms with Crippen LogP contribution < -0.4 is 10.5 Å². The normalized spacial score (nSPS) is 13.4. The lowest BCUT2D eigenvalue weighted by atomic mass is 10.2. The Hall–Kier alpha value is -0.660. The van der Waals surface area contributed by atoms with Crippen molar-refractivity contribution in [1.82, 2.24) is 4.72 Å². The zero-order valence-corrected chi connectivity index (χ0v) is 13.3. The number of sulfonamides is 1. The van der Waals surface area contributed by atoms with Crippen LogP contribution in [0.15, 0.2) is 23.1 Å². The van der Waals surface area contributed by atoms with Crippen LogP contribution in [0.4, 0.5) is 0 Å². The highest BCUT2D eigenvalue weighted by Gasteiger charge is 2.22. The van der Waals surface area contributed by atoms with E-state index in [0.29, 0.717) is 19.6 Å². The molecule has 0 bridgehead atoms. The Morgan fingerprint density at radius 2 is 2.15 bits per heavy atom. The highest BCUT2D eigenvalue weighted by atomic mass is 35.5. The van der Waals surface area contributed by atoms with E-state index < -0.39 is 10.0 Å². The van der Waals surface area contributed by atoms with Gasteiger partial charge in [-0.05, 0) is 24.1 Å². The second-order valence-electron chi connectivity index (χ2n) is 4.53. The number of benzene rings is 1. The lowest BCUT2D eigenvalue weighted by molar-refractivity contribution is 0.171. The molecule has 5 nitrogen and oxygen atoms in total. The molecular weight excluding hydrogens is 300 g/mol. The Bertz CT molecular complexity index is 528. The molecule has 1 rings (SSSR count). The van der Waals surface area contributed by atoms with Gasteiger partial charge in [-0.2, -0.15) is 0 Å². The molecule has 20 heavy (non-hydrogen) atoms. The first-order valence-corrected chi connectivity index (χ1v) is 8.30. The third kappa shape index (κ3) is 4.71. The summed E-state index contributed by atoms with van der Waals surface area (Å²) in [4.78, 5) is 0.0635. The molecule has 0 aliphatic carbocycles. The maximum absolute atomic E-state index is 12.3. The molecule has 0 fully saturated rings. The van der Waals surface area contributed by atoms with Crippen molar-refractivity contribution in [3.05, 3.63) is 28.8 Å². The Morgan fingerprint density at radius 1 is 1.45 bits per heavy atom. The summed E-state index contributed by atoms with van der Waals surface area (Å²) >= 11 is 6.02. The van der Waals surface area contributed by atoms with E-state index in [1.165, 1.54) is 6.07 Å². The van der Waals surface area contributed by atoms with Crippen molar-refractivity contribution in [2.45, 2.75) is 37.2 Å². The number of ether oxygens (including phenoxy) is 1. The molecule has 1 aromatic rings. The monoisotopic (exact) mass is 320 g/mol. The topological polar surface area (TPSA) is 81.4 Å². The first-order valence-electron chi connectivity index (χ1n) is 6.44. The molecule has 0 heterocycles. The molecule has 0 amide bonds. The lowest BCUT2D eigenvalue weighted by Crippen LogP contribution is -2.38. The first kappa shape index (κ1) is 17.4. The second kappa shape index (κ2) is 7.95. The molecular formula is C13H21ClN2O3S. The lowest BCUT2D eigenvalue weighted by Gasteiger charge is -2.18. The van der Waals surface area contributed by atoms with Gasteiger partial charge in [-0.15, -0.1) is 0 Å². The van der Waals surface area contributed by atoms with Crippen molar-refractivity contribution >= 4 is 21.6 Å². The summed E-state index contributed by atoms with van der Waals surface area (Å²) in [6.45, 7) is 2.63. The average molecular weight is 321 g/mol. The van der Waals surface area contributed by atoms with Gasteiger partial charge in [0.15, 0.2) is 0 Å². The van der Waals surface area contributed by atoms with E-state index >= 15 is 0 Å². The van der Waals surface area contributed by atoms with E-state index in [4.69, 9.17) is 22.1 Å². The number of nitrogens with one attached hydrogen (secondary N) is 1. The van der Waals surface area contributed by atoms with Gasteiger partial charge in [0.05, 0.1) is 11.6 Å². The third-order valence-electron chi connectivity index (χ3n) is 2.85. The van der Waals surface area contributed by atoms with Gasteiger partial charge >= 0.3 is 0 Å². The van der Waals surface area contributed by atoms with Crippen LogP contribution in [0.1, 0.15) is 25.3 Å². The van der Waals surface area contributed by atoms with E-state index in [0.717, 1.165) is 12.0 Å². The molecule has 0 aliphatic heterocycles. The SMILES string of the molecule is CCCC(COC)NS(=O)(=O)c1ccc(CN)cc1Cl. The molecule has 0 radical (unpaired) electrons. The van der Waals surface area contributed by atoms with Crippen molar-refractivity contribution in [2.75, 3.05) is 13.7 Å². The van der Waals surface area contributed by atoms with Crippen LogP contribution in [-0.2, 0) is 21.3 Å². The highest BCUT2D eigenvalue weighted by molar-refractivity contribution is 7.89. The van der Waals surface area contributed by atoms with E-state index in [1.807, 2.05) is 6.92 Å². The number of nitrogens with two attached hydrogens (primary N) is 1. The summed E-state index contributed by atoms with van der Waals surface area (Å²) in [7, 11) is -2.12. The number of rotatable bonds is 8. The van der Waals surface area contributed by atoms with Gasteiger partial charge in [0.25, 0.3) is 0 Å². The quantitative estimate of drug-likeness (QED) is 0.766. The van der Waals surface area contributed by atoms with Gasteiger partial charge < -0.3 is 10.5 Å². The van der Waals surface area contributed by atoms with E-state index in [9.17, 15) is 8.42 Å². The maximum Gasteiger partial charge on any atom is 0.242 e. The molecule has 3 N–H and O–H groups in total. The fourth-order valence-electron chi connectivity index (χ4n) is 1.90. The van der Waals surface area contributed by atoms with Crippen LogP contribution in [0.5, 0.6) is 0 Å². The van der Waals surface area contributed by atoms with E-state index in [-0.39, 0.29) is 16.0 Å². The van der Waals surface area contributed by atoms with Gasteiger partial charge in [-0.1, -0.05) is 31.0 Å². The molecule has 1 aromatic carbocycles. The fraction of sp³-hybridized carbons (Fsp3) is 0.538. The van der Waals surface area contributed by atoms with Crippen LogP contribution in [0.25, 0.3) is 0 Å². The molecule has 0 spiro atoms. The Balaban J connectivity index is 2.97. The minimum atomic E-state index is -3.66. The number of halogens is 1. The molecule has 0 saturated carbocycles. The molecule has 114 valence electrons. The van der Waals surface area contributed by atoms with Gasteiger partial charge in [0.2, 0.25) is 10.0 Å². The first-order chi connectivity index (χ1) is 9.44. The van der Waals surface area contributed by atoms with Crippen LogP contribution >= 0.6 is 11.6 Å². The summed E-state index contributed by atoms with van der Waals surface area (Å²) in [5.74, 6) is 0. The third-order valence-corrected chi connectivity index (χ3v) is 4.85. The van der Waals surface area contributed by atoms with Crippen molar-refractivity contribution in [2.24, 2.45) is 5.73 Å². The zero-order valence-electron chi connectivity index (χ0n) is 11.7. The summed E-state index contributed by atoms with van der Waals surface area (Å²) in [6.07, 6.45) is 1.56. The van der Waals surface area contributed by atoms with Crippen LogP contribution in [-0.4, -0.2) is 28.2 Å². The highest BCUT2D eigenvalue weighted by Crippen LogP contribution is 2.23. The predicted octanol–water partition coefficient (Wildman–Crippen LogP) is 1.89. The van der Waals surface area contributed by atoms with Crippen molar-refractivity contribution in [3.8, 4) is 0 Å². The number of hydrogen-bond acceptors (Lipinski definition) is 4. The second-order valence-corrected chi connectivity index (χ2v) is 6.62. The summed E-state index contributed by atoms with van der Waals surface area (Å²) in [5, 5.41) is 0.174. The largest absolute Gasteiger partial charge is 0.383 e. The van der Waals surface area contributed by atoms with Gasteiger partial charge in [0.1, 0.15) is 4.90 Å². The standard InChI is InChI=1S/C13H21ClN2O3S/c1-3-4-11(9-19-2)16-20(17,18)13-6-5-10(8-15)7-12(13)14/h5-7,11,16H,3-4,8-9,15H2,1-2H3. The number of methoxy groups -OCH3 is 1. The number of hydrogen-bond donors (Lipinski definition) is 2. The Kier molecular flexibility index (Phi) is 6.91. The van der Waals surface area contributed by atoms with E-state index in [1.54, 1.807) is 19.2 Å². The molecule has 1 unspecified atom stereocenters. The van der Waals surface area contributed by atoms with Crippen LogP contribution in [0.3, 0.4) is 0 Å². The van der Waals surface area contributed by atoms with Gasteiger partial charge in [-0.25, -0.2) is 13.1 Å². The maximum atomic E-state index is 12.3. The Labute approximate surface area is 125 Å². The molecule has 0 aromatic heterocycles. The predicted molar refractivity (Wildman–Crippen MR) is 80.2 cm³/mol. The smallest absolute Gasteiger partial charge is 0.242 e. The molecule has 7 heteroatoms. The van der Waals surface area contributed by atoms with Crippen LogP contribution in [0.2, 0.25) is 5.02 Å². The van der Waals surface area contributed by atoms with E-state index in [2.05, 4.69) is 4.72 Å². The van der Waals surface area contributed by atoms with Crippen LogP contribution in [0, 0.1) is 0 Å². The minimum absolute atomic E-state index is 0.0635. The molecule has 1 atom stereocenters. The van der Waals surface area contributed by atoms with Crippen molar-refractivity contribution in [3.63, 3.8) is 0 Å². The Morgan fingerprint density at radius 3 is 2.65 bits per heavy atom. The average Bonchev–Trinajstić information content (AvgIpc) is 2.38.